The molecule has 1 atom stereocenters. The van der Waals surface area contributed by atoms with Crippen molar-refractivity contribution in [3.05, 3.63) is 35.4 Å². The number of hydrogen-bond donors (Lipinski definition) is 1. The quantitative estimate of drug-likeness (QED) is 0.684. The summed E-state index contributed by atoms with van der Waals surface area (Å²) in [6, 6.07) is 8.33. The largest absolute Gasteiger partial charge is 0.481 e. The molecule has 1 aromatic carbocycles. The minimum Gasteiger partial charge on any atom is -0.481 e. The number of carbonyl (C=O) groups is 1. The van der Waals surface area contributed by atoms with Gasteiger partial charge in [-0.3, -0.25) is 4.79 Å². The van der Waals surface area contributed by atoms with E-state index in [1.54, 1.807) is 0 Å². The van der Waals surface area contributed by atoms with E-state index < -0.39 is 11.4 Å². The maximum atomic E-state index is 11.9. The van der Waals surface area contributed by atoms with Crippen LogP contribution >= 0.6 is 0 Å². The number of hydrogen-bond acceptors (Lipinski definition) is 1. The van der Waals surface area contributed by atoms with Crippen molar-refractivity contribution in [2.45, 2.75) is 71.1 Å². The molecule has 0 aliphatic heterocycles. The average molecular weight is 288 g/mol. The molecule has 1 N–H and O–H groups in total. The zero-order valence-electron chi connectivity index (χ0n) is 13.2. The first kappa shape index (κ1) is 16.1. The Kier molecular flexibility index (Phi) is 5.84. The van der Waals surface area contributed by atoms with Gasteiger partial charge in [-0.2, -0.15) is 0 Å². The molecule has 1 aromatic rings. The number of rotatable bonds is 8. The van der Waals surface area contributed by atoms with Crippen LogP contribution in [0.25, 0.3) is 0 Å². The van der Waals surface area contributed by atoms with E-state index in [2.05, 4.69) is 25.1 Å². The number of carboxylic acid groups (broad SMARTS) is 1. The van der Waals surface area contributed by atoms with Crippen LogP contribution in [0.3, 0.4) is 0 Å². The van der Waals surface area contributed by atoms with Crippen molar-refractivity contribution in [3.63, 3.8) is 0 Å². The van der Waals surface area contributed by atoms with Gasteiger partial charge in [0, 0.05) is 0 Å². The number of fused-ring (bicyclic) bond motifs is 1. The fourth-order valence-electron chi connectivity index (χ4n) is 3.55. The number of unbranched alkanes of at least 4 members (excludes halogenated alkanes) is 5. The molecule has 0 spiro atoms. The van der Waals surface area contributed by atoms with Crippen LogP contribution in [0.5, 0.6) is 0 Å². The maximum absolute atomic E-state index is 11.9. The van der Waals surface area contributed by atoms with Crippen molar-refractivity contribution in [1.29, 1.82) is 0 Å². The number of aliphatic carboxylic acids is 1. The summed E-state index contributed by atoms with van der Waals surface area (Å²) in [7, 11) is 0. The van der Waals surface area contributed by atoms with Crippen molar-refractivity contribution in [1.82, 2.24) is 0 Å². The monoisotopic (exact) mass is 288 g/mol. The Morgan fingerprint density at radius 2 is 1.76 bits per heavy atom. The molecule has 2 rings (SSSR count). The number of aryl methyl sites for hydroxylation is 1. The third-order valence-corrected chi connectivity index (χ3v) is 4.98. The van der Waals surface area contributed by atoms with Gasteiger partial charge in [0.15, 0.2) is 0 Å². The van der Waals surface area contributed by atoms with Crippen molar-refractivity contribution in [2.24, 2.45) is 5.41 Å². The normalized spacial score (nSPS) is 21.0. The van der Waals surface area contributed by atoms with Crippen LogP contribution in [0.1, 0.15) is 69.4 Å². The lowest BCUT2D eigenvalue weighted by molar-refractivity contribution is -0.150. The Bertz CT molecular complexity index is 466. The van der Waals surface area contributed by atoms with Crippen molar-refractivity contribution in [3.8, 4) is 0 Å². The van der Waals surface area contributed by atoms with Gasteiger partial charge in [-0.1, -0.05) is 69.7 Å². The van der Waals surface area contributed by atoms with Crippen LogP contribution in [-0.4, -0.2) is 11.1 Å². The second-order valence-electron chi connectivity index (χ2n) is 6.55. The lowest BCUT2D eigenvalue weighted by atomic mass is 9.69. The summed E-state index contributed by atoms with van der Waals surface area (Å²) in [6.07, 6.45) is 10.6. The Hall–Kier alpha value is -1.31. The molecule has 1 unspecified atom stereocenters. The van der Waals surface area contributed by atoms with Gasteiger partial charge in [-0.05, 0) is 36.8 Å². The smallest absolute Gasteiger partial charge is 0.309 e. The van der Waals surface area contributed by atoms with Gasteiger partial charge < -0.3 is 5.11 Å². The van der Waals surface area contributed by atoms with E-state index in [0.29, 0.717) is 6.42 Å². The molecule has 21 heavy (non-hydrogen) atoms. The summed E-state index contributed by atoms with van der Waals surface area (Å²) >= 11 is 0. The van der Waals surface area contributed by atoms with Crippen molar-refractivity contribution in [2.75, 3.05) is 0 Å². The lowest BCUT2D eigenvalue weighted by Gasteiger charge is -2.34. The first-order chi connectivity index (χ1) is 10.2. The molecule has 0 saturated heterocycles. The summed E-state index contributed by atoms with van der Waals surface area (Å²) in [5.41, 5.74) is 2.08. The first-order valence-electron chi connectivity index (χ1n) is 8.48. The lowest BCUT2D eigenvalue weighted by Crippen LogP contribution is -2.37. The van der Waals surface area contributed by atoms with E-state index in [0.717, 1.165) is 25.7 Å². The van der Waals surface area contributed by atoms with Crippen LogP contribution < -0.4 is 0 Å². The summed E-state index contributed by atoms with van der Waals surface area (Å²) < 4.78 is 0. The van der Waals surface area contributed by atoms with E-state index in [9.17, 15) is 9.90 Å². The Labute approximate surface area is 128 Å². The zero-order valence-corrected chi connectivity index (χ0v) is 13.2. The highest BCUT2D eigenvalue weighted by atomic mass is 16.4. The van der Waals surface area contributed by atoms with Gasteiger partial charge in [0.25, 0.3) is 0 Å². The van der Waals surface area contributed by atoms with Gasteiger partial charge in [0.2, 0.25) is 0 Å². The number of benzene rings is 1. The van der Waals surface area contributed by atoms with Gasteiger partial charge in [-0.25, -0.2) is 0 Å². The van der Waals surface area contributed by atoms with Crippen LogP contribution in [-0.2, 0) is 17.6 Å². The van der Waals surface area contributed by atoms with E-state index >= 15 is 0 Å². The predicted molar refractivity (Wildman–Crippen MR) is 86.5 cm³/mol. The first-order valence-corrected chi connectivity index (χ1v) is 8.48. The van der Waals surface area contributed by atoms with Crippen LogP contribution in [0, 0.1) is 5.41 Å². The summed E-state index contributed by atoms with van der Waals surface area (Å²) in [4.78, 5) is 11.9. The van der Waals surface area contributed by atoms with Gasteiger partial charge in [0.05, 0.1) is 5.41 Å². The minimum absolute atomic E-state index is 0.515. The maximum Gasteiger partial charge on any atom is 0.309 e. The van der Waals surface area contributed by atoms with E-state index in [-0.39, 0.29) is 0 Å². The molecule has 0 aromatic heterocycles. The van der Waals surface area contributed by atoms with E-state index in [1.165, 1.54) is 43.2 Å². The average Bonchev–Trinajstić information content (AvgIpc) is 2.50. The Morgan fingerprint density at radius 1 is 1.10 bits per heavy atom. The fraction of sp³-hybridized carbons (Fsp3) is 0.632. The SMILES string of the molecule is CCCCCCCCC1(C(=O)O)CCc2ccccc2C1. The van der Waals surface area contributed by atoms with Crippen LogP contribution in [0.4, 0.5) is 0 Å². The minimum atomic E-state index is -0.592. The Balaban J connectivity index is 1.92. The molecule has 0 fully saturated rings. The van der Waals surface area contributed by atoms with Crippen LogP contribution in [0.2, 0.25) is 0 Å². The standard InChI is InChI=1S/C19H28O2/c1-2-3-4-5-6-9-13-19(18(20)21)14-12-16-10-7-8-11-17(16)15-19/h7-8,10-11H,2-6,9,12-15H2,1H3,(H,20,21). The molecule has 0 amide bonds. The van der Waals surface area contributed by atoms with E-state index in [1.807, 2.05) is 6.07 Å². The molecule has 1 aliphatic rings. The summed E-state index contributed by atoms with van der Waals surface area (Å²) in [6.45, 7) is 2.22. The topological polar surface area (TPSA) is 37.3 Å². The second kappa shape index (κ2) is 7.63. The van der Waals surface area contributed by atoms with E-state index in [4.69, 9.17) is 0 Å². The molecule has 1 aliphatic carbocycles. The van der Waals surface area contributed by atoms with Gasteiger partial charge >= 0.3 is 5.97 Å². The zero-order chi connectivity index (χ0) is 15.1. The summed E-state index contributed by atoms with van der Waals surface area (Å²) in [5, 5.41) is 9.76. The molecular formula is C19H28O2. The predicted octanol–water partition coefficient (Wildman–Crippen LogP) is 5.00. The molecule has 0 radical (unpaired) electrons. The van der Waals surface area contributed by atoms with Crippen molar-refractivity contribution >= 4 is 5.97 Å². The third kappa shape index (κ3) is 4.09. The number of carboxylic acids is 1. The second-order valence-corrected chi connectivity index (χ2v) is 6.55. The molecule has 116 valence electrons. The Morgan fingerprint density at radius 3 is 2.48 bits per heavy atom. The molecule has 0 heterocycles. The summed E-state index contributed by atoms with van der Waals surface area (Å²) in [5.74, 6) is -0.592. The molecule has 2 heteroatoms. The van der Waals surface area contributed by atoms with Gasteiger partial charge in [0.1, 0.15) is 0 Å². The molecule has 0 bridgehead atoms. The highest BCUT2D eigenvalue weighted by Crippen LogP contribution is 2.40. The third-order valence-electron chi connectivity index (χ3n) is 4.98. The van der Waals surface area contributed by atoms with Crippen LogP contribution in [0.15, 0.2) is 24.3 Å². The van der Waals surface area contributed by atoms with Gasteiger partial charge in [-0.15, -0.1) is 0 Å². The highest BCUT2D eigenvalue weighted by molar-refractivity contribution is 5.75. The molecule has 2 nitrogen and oxygen atoms in total. The van der Waals surface area contributed by atoms with Crippen molar-refractivity contribution < 1.29 is 9.90 Å². The molecular weight excluding hydrogens is 260 g/mol. The molecule has 0 saturated carbocycles. The fourth-order valence-corrected chi connectivity index (χ4v) is 3.55. The highest BCUT2D eigenvalue weighted by Gasteiger charge is 2.40.